The van der Waals surface area contributed by atoms with Gasteiger partial charge in [0.1, 0.15) is 12.7 Å². The molecule has 1 aromatic rings. The van der Waals surface area contributed by atoms with Gasteiger partial charge in [-0.25, -0.2) is 0 Å². The van der Waals surface area contributed by atoms with E-state index in [-0.39, 0.29) is 10.5 Å². The highest BCUT2D eigenvalue weighted by atomic mass is 32.1. The van der Waals surface area contributed by atoms with Gasteiger partial charge in [-0.15, -0.1) is 0 Å². The number of nitrogens with one attached hydrogen (secondary N) is 1. The van der Waals surface area contributed by atoms with E-state index in [0.29, 0.717) is 0 Å². The maximum atomic E-state index is 11.1. The number of nitriles is 1. The van der Waals surface area contributed by atoms with Crippen molar-refractivity contribution >= 4 is 12.2 Å². The Morgan fingerprint density at radius 1 is 1.68 bits per heavy atom. The van der Waals surface area contributed by atoms with Gasteiger partial charge < -0.3 is 20.1 Å². The van der Waals surface area contributed by atoms with Crippen LogP contribution in [0.1, 0.15) is 0 Å². The quantitative estimate of drug-likeness (QED) is 0.524. The molecule has 1 aliphatic rings. The van der Waals surface area contributed by atoms with E-state index in [9.17, 15) is 20.3 Å². The molecule has 19 heavy (non-hydrogen) atoms. The molecule has 0 bridgehead atoms. The number of H-pyrrole nitrogens is 1. The van der Waals surface area contributed by atoms with Gasteiger partial charge in [-0.1, -0.05) is 0 Å². The molecule has 4 N–H and O–H groups in total. The predicted molar refractivity (Wildman–Crippen MR) is 63.3 cm³/mol. The van der Waals surface area contributed by atoms with Crippen LogP contribution in [-0.2, 0) is 10.5 Å². The molecule has 2 rings (SSSR count). The Labute approximate surface area is 111 Å². The van der Waals surface area contributed by atoms with Crippen molar-refractivity contribution in [2.75, 3.05) is 6.61 Å². The van der Waals surface area contributed by atoms with Gasteiger partial charge in [-0.3, -0.25) is 14.3 Å². The largest absolute Gasteiger partial charge is 0.506 e. The van der Waals surface area contributed by atoms with Gasteiger partial charge in [-0.2, -0.15) is 5.26 Å². The molecule has 0 radical (unpaired) electrons. The second-order valence-electron chi connectivity index (χ2n) is 3.76. The van der Waals surface area contributed by atoms with Crippen molar-refractivity contribution in [2.24, 2.45) is 0 Å². The lowest BCUT2D eigenvalue weighted by Crippen LogP contribution is -2.44. The molecule has 0 amide bonds. The third kappa shape index (κ3) is 1.82. The van der Waals surface area contributed by atoms with E-state index >= 15 is 0 Å². The third-order valence-electron chi connectivity index (χ3n) is 2.68. The van der Waals surface area contributed by atoms with Crippen LogP contribution in [0.5, 0.6) is 0 Å². The van der Waals surface area contributed by atoms with E-state index in [1.54, 1.807) is 6.07 Å². The summed E-state index contributed by atoms with van der Waals surface area (Å²) in [6, 6.07) is 2.77. The fraction of sp³-hybridized carbons (Fsp3) is 0.300. The summed E-state index contributed by atoms with van der Waals surface area (Å²) < 4.78 is 5.95. The second kappa shape index (κ2) is 4.51. The number of nitrogens with zero attached hydrogens (tertiary/aromatic N) is 2. The normalized spacial score (nSPS) is 26.1. The zero-order valence-corrected chi connectivity index (χ0v) is 10.2. The van der Waals surface area contributed by atoms with E-state index < -0.39 is 29.8 Å². The fourth-order valence-corrected chi connectivity index (χ4v) is 2.04. The number of aromatic amines is 1. The Hall–Kier alpha value is -2.15. The lowest BCUT2D eigenvalue weighted by atomic mass is 10.1. The highest BCUT2D eigenvalue weighted by molar-refractivity contribution is 7.71. The van der Waals surface area contributed by atoms with Gasteiger partial charge >= 0.3 is 5.72 Å². The minimum atomic E-state index is -2.07. The number of hydrogen-bond acceptors (Lipinski definition) is 7. The zero-order chi connectivity index (χ0) is 14.2. The van der Waals surface area contributed by atoms with E-state index in [1.807, 2.05) is 0 Å². The molecule has 1 unspecified atom stereocenters. The van der Waals surface area contributed by atoms with Gasteiger partial charge in [0, 0.05) is 12.3 Å². The summed E-state index contributed by atoms with van der Waals surface area (Å²) in [5, 5.41) is 37.8. The molecule has 0 aromatic carbocycles. The Morgan fingerprint density at radius 2 is 2.37 bits per heavy atom. The van der Waals surface area contributed by atoms with E-state index in [4.69, 9.17) is 22.1 Å². The van der Waals surface area contributed by atoms with Gasteiger partial charge in [-0.05, 0) is 12.2 Å². The number of rotatable bonds is 2. The Balaban J connectivity index is 2.63. The topological polar surface area (TPSA) is 132 Å². The number of hydrogen-bond donors (Lipinski definition) is 4. The summed E-state index contributed by atoms with van der Waals surface area (Å²) in [4.78, 5) is 13.4. The molecular weight excluding hydrogens is 274 g/mol. The molecule has 9 heteroatoms. The molecule has 0 spiro atoms. The SMILES string of the molecule is N#C[C@@]1(n2ccc(=O)[nH]c2=S)OC(CO)=C(O)C1O. The molecule has 1 aliphatic heterocycles. The maximum absolute atomic E-state index is 11.1. The Morgan fingerprint density at radius 3 is 2.84 bits per heavy atom. The van der Waals surface area contributed by atoms with Crippen LogP contribution in [0.3, 0.4) is 0 Å². The first-order valence-corrected chi connectivity index (χ1v) is 5.50. The molecule has 0 fully saturated rings. The monoisotopic (exact) mass is 283 g/mol. The van der Waals surface area contributed by atoms with Crippen molar-refractivity contribution in [1.29, 1.82) is 5.26 Å². The summed E-state index contributed by atoms with van der Waals surface area (Å²) in [7, 11) is 0. The third-order valence-corrected chi connectivity index (χ3v) is 2.98. The lowest BCUT2D eigenvalue weighted by molar-refractivity contribution is -0.0774. The van der Waals surface area contributed by atoms with Gasteiger partial charge in [0.15, 0.2) is 22.4 Å². The van der Waals surface area contributed by atoms with E-state index in [0.717, 1.165) is 16.8 Å². The second-order valence-corrected chi connectivity index (χ2v) is 4.15. The first-order chi connectivity index (χ1) is 8.96. The smallest absolute Gasteiger partial charge is 0.310 e. The van der Waals surface area contributed by atoms with Crippen molar-refractivity contribution in [1.82, 2.24) is 9.55 Å². The average molecular weight is 283 g/mol. The van der Waals surface area contributed by atoms with Crippen LogP contribution in [0, 0.1) is 16.1 Å². The first-order valence-electron chi connectivity index (χ1n) is 5.10. The summed E-state index contributed by atoms with van der Waals surface area (Å²) >= 11 is 4.88. The van der Waals surface area contributed by atoms with Crippen molar-refractivity contribution in [2.45, 2.75) is 11.8 Å². The molecule has 100 valence electrons. The van der Waals surface area contributed by atoms with Crippen LogP contribution < -0.4 is 5.56 Å². The number of ether oxygens (including phenoxy) is 1. The summed E-state index contributed by atoms with van der Waals surface area (Å²) in [6.07, 6.45) is -0.585. The molecule has 2 atom stereocenters. The summed E-state index contributed by atoms with van der Waals surface area (Å²) in [5.74, 6) is -0.987. The highest BCUT2D eigenvalue weighted by Gasteiger charge is 2.52. The van der Waals surface area contributed by atoms with Gasteiger partial charge in [0.2, 0.25) is 0 Å². The van der Waals surface area contributed by atoms with Crippen molar-refractivity contribution < 1.29 is 20.1 Å². The fourth-order valence-electron chi connectivity index (χ4n) is 1.74. The van der Waals surface area contributed by atoms with Crippen LogP contribution in [0.2, 0.25) is 0 Å². The average Bonchev–Trinajstić information content (AvgIpc) is 2.64. The number of aliphatic hydroxyl groups is 3. The Kier molecular flexibility index (Phi) is 3.15. The van der Waals surface area contributed by atoms with Crippen LogP contribution in [0.4, 0.5) is 0 Å². The molecular formula is C10H9N3O5S. The van der Waals surface area contributed by atoms with E-state index in [2.05, 4.69) is 4.98 Å². The van der Waals surface area contributed by atoms with Crippen LogP contribution in [-0.4, -0.2) is 37.6 Å². The lowest BCUT2D eigenvalue weighted by Gasteiger charge is -2.27. The molecule has 1 aromatic heterocycles. The zero-order valence-electron chi connectivity index (χ0n) is 9.40. The van der Waals surface area contributed by atoms with Gasteiger partial charge in [0.05, 0.1) is 0 Å². The molecule has 0 saturated carbocycles. The minimum absolute atomic E-state index is 0.167. The maximum Gasteiger partial charge on any atom is 0.310 e. The molecule has 2 heterocycles. The van der Waals surface area contributed by atoms with E-state index in [1.165, 1.54) is 0 Å². The number of aromatic nitrogens is 2. The molecule has 0 saturated heterocycles. The summed E-state index contributed by atoms with van der Waals surface area (Å²) in [6.45, 7) is -0.691. The molecule has 8 nitrogen and oxygen atoms in total. The van der Waals surface area contributed by atoms with Crippen molar-refractivity contribution in [3.05, 3.63) is 38.9 Å². The predicted octanol–water partition coefficient (Wildman–Crippen LogP) is -0.765. The van der Waals surface area contributed by atoms with Crippen LogP contribution in [0.15, 0.2) is 28.6 Å². The minimum Gasteiger partial charge on any atom is -0.506 e. The van der Waals surface area contributed by atoms with Crippen molar-refractivity contribution in [3.63, 3.8) is 0 Å². The Bertz CT molecular complexity index is 700. The van der Waals surface area contributed by atoms with Crippen LogP contribution >= 0.6 is 12.2 Å². The van der Waals surface area contributed by atoms with Crippen LogP contribution in [0.25, 0.3) is 0 Å². The summed E-state index contributed by atoms with van der Waals surface area (Å²) in [5.41, 5.74) is -2.55. The molecule has 0 aliphatic carbocycles. The standard InChI is InChI=1S/C10H9N3O5S/c11-4-10(8(17)7(16)5(3-14)18-10)13-2-1-6(15)12-9(13)19/h1-2,8,14,16-17H,3H2,(H,12,15,19)/t8?,10-/m1/s1. The van der Waals surface area contributed by atoms with Gasteiger partial charge in [0.25, 0.3) is 5.56 Å². The number of aliphatic hydroxyl groups excluding tert-OH is 3. The highest BCUT2D eigenvalue weighted by Crippen LogP contribution is 2.36. The van der Waals surface area contributed by atoms with Crippen molar-refractivity contribution in [3.8, 4) is 6.07 Å². The first kappa shape index (κ1) is 13.3.